The molecular weight excluding hydrogens is 358 g/mol. The Morgan fingerprint density at radius 3 is 2.36 bits per heavy atom. The molecule has 0 bridgehead atoms. The first-order chi connectivity index (χ1) is 13.6. The van der Waals surface area contributed by atoms with E-state index in [2.05, 4.69) is 0 Å². The second-order valence-corrected chi connectivity index (χ2v) is 7.50. The zero-order valence-electron chi connectivity index (χ0n) is 16.0. The van der Waals surface area contributed by atoms with Crippen molar-refractivity contribution in [1.82, 2.24) is 0 Å². The van der Waals surface area contributed by atoms with E-state index in [0.29, 0.717) is 11.1 Å². The first-order valence-corrected chi connectivity index (χ1v) is 9.60. The van der Waals surface area contributed by atoms with E-state index in [4.69, 9.17) is 9.47 Å². The Kier molecular flexibility index (Phi) is 4.79. The Labute approximate surface area is 163 Å². The van der Waals surface area contributed by atoms with Crippen molar-refractivity contribution in [2.45, 2.75) is 37.5 Å². The number of nitro benzene ring substituents is 1. The summed E-state index contributed by atoms with van der Waals surface area (Å²) in [7, 11) is 3.04. The van der Waals surface area contributed by atoms with Gasteiger partial charge in [0, 0.05) is 11.1 Å². The van der Waals surface area contributed by atoms with Crippen LogP contribution in [0.2, 0.25) is 0 Å². The van der Waals surface area contributed by atoms with Crippen molar-refractivity contribution in [3.05, 3.63) is 63.2 Å². The number of rotatable bonds is 4. The summed E-state index contributed by atoms with van der Waals surface area (Å²) in [6.07, 6.45) is 3.79. The van der Waals surface area contributed by atoms with Gasteiger partial charge < -0.3 is 9.47 Å². The fourth-order valence-corrected chi connectivity index (χ4v) is 5.02. The van der Waals surface area contributed by atoms with Crippen molar-refractivity contribution < 1.29 is 19.2 Å². The van der Waals surface area contributed by atoms with Gasteiger partial charge in [-0.25, -0.2) is 0 Å². The largest absolute Gasteiger partial charge is 0.497 e. The molecule has 6 heteroatoms. The molecule has 2 aromatic rings. The molecule has 0 saturated heterocycles. The van der Waals surface area contributed by atoms with Crippen LogP contribution in [0.4, 0.5) is 5.69 Å². The minimum atomic E-state index is -0.398. The molecule has 4 rings (SSSR count). The van der Waals surface area contributed by atoms with Gasteiger partial charge in [-0.3, -0.25) is 14.9 Å². The van der Waals surface area contributed by atoms with Crippen molar-refractivity contribution in [3.8, 4) is 11.5 Å². The normalized spacial score (nSPS) is 23.5. The third-order valence-corrected chi connectivity index (χ3v) is 6.22. The number of methoxy groups -OCH3 is 2. The van der Waals surface area contributed by atoms with Crippen molar-refractivity contribution in [2.75, 3.05) is 14.2 Å². The Hall–Kier alpha value is -2.89. The lowest BCUT2D eigenvalue weighted by Crippen LogP contribution is -2.35. The fourth-order valence-electron chi connectivity index (χ4n) is 5.02. The van der Waals surface area contributed by atoms with Crippen LogP contribution in [0.25, 0.3) is 0 Å². The fraction of sp³-hybridized carbons (Fsp3) is 0.409. The third kappa shape index (κ3) is 2.84. The van der Waals surface area contributed by atoms with Crippen LogP contribution < -0.4 is 9.47 Å². The van der Waals surface area contributed by atoms with E-state index < -0.39 is 4.92 Å². The molecule has 1 unspecified atom stereocenters. The number of benzene rings is 2. The van der Waals surface area contributed by atoms with Crippen LogP contribution in [0, 0.1) is 16.0 Å². The van der Waals surface area contributed by atoms with Gasteiger partial charge in [0.2, 0.25) is 0 Å². The molecule has 146 valence electrons. The number of hydrogen-bond donors (Lipinski definition) is 0. The van der Waals surface area contributed by atoms with Crippen molar-refractivity contribution in [3.63, 3.8) is 0 Å². The van der Waals surface area contributed by atoms with Gasteiger partial charge in [-0.15, -0.1) is 0 Å². The summed E-state index contributed by atoms with van der Waals surface area (Å²) in [5.74, 6) is 0.708. The van der Waals surface area contributed by atoms with Crippen LogP contribution in [0.15, 0.2) is 36.4 Å². The molecule has 0 N–H and O–H groups in total. The average Bonchev–Trinajstić information content (AvgIpc) is 2.73. The Morgan fingerprint density at radius 1 is 1.00 bits per heavy atom. The standard InChI is InChI=1S/C22H23NO5/c1-27-14-9-7-13(8-10-14)19-15-5-3-4-6-16(15)20-17(22(19)24)11-12-18(28-2)21(20)23(25)26/h7-12,15-16,19H,3-6H2,1-2H3/t15-,16+,19?/m0/s1. The van der Waals surface area contributed by atoms with Crippen LogP contribution >= 0.6 is 0 Å². The molecule has 0 radical (unpaired) electrons. The van der Waals surface area contributed by atoms with Gasteiger partial charge in [-0.2, -0.15) is 0 Å². The highest BCUT2D eigenvalue weighted by molar-refractivity contribution is 6.05. The van der Waals surface area contributed by atoms with E-state index in [1.807, 2.05) is 24.3 Å². The molecule has 0 spiro atoms. The topological polar surface area (TPSA) is 78.7 Å². The summed E-state index contributed by atoms with van der Waals surface area (Å²) in [5, 5.41) is 11.9. The highest BCUT2D eigenvalue weighted by atomic mass is 16.6. The maximum absolute atomic E-state index is 13.5. The number of Topliss-reactive ketones (excluding diaryl/α,β-unsaturated/α-hetero) is 1. The number of ketones is 1. The molecule has 2 aromatic carbocycles. The monoisotopic (exact) mass is 381 g/mol. The molecule has 28 heavy (non-hydrogen) atoms. The number of fused-ring (bicyclic) bond motifs is 3. The lowest BCUT2D eigenvalue weighted by molar-refractivity contribution is -0.386. The van der Waals surface area contributed by atoms with Crippen LogP contribution in [0.3, 0.4) is 0 Å². The maximum atomic E-state index is 13.5. The van der Waals surface area contributed by atoms with Gasteiger partial charge >= 0.3 is 5.69 Å². The number of carbonyl (C=O) groups excluding carboxylic acids is 1. The number of hydrogen-bond acceptors (Lipinski definition) is 5. The highest BCUT2D eigenvalue weighted by Crippen LogP contribution is 2.55. The van der Waals surface area contributed by atoms with E-state index in [0.717, 1.165) is 37.0 Å². The molecule has 3 atom stereocenters. The summed E-state index contributed by atoms with van der Waals surface area (Å²) < 4.78 is 10.5. The molecule has 1 saturated carbocycles. The molecule has 0 amide bonds. The van der Waals surface area contributed by atoms with Gasteiger partial charge in [0.15, 0.2) is 11.5 Å². The summed E-state index contributed by atoms with van der Waals surface area (Å²) in [5.41, 5.74) is 1.95. The van der Waals surface area contributed by atoms with Crippen LogP contribution in [0.1, 0.15) is 59.0 Å². The average molecular weight is 381 g/mol. The number of nitro groups is 1. The Bertz CT molecular complexity index is 921. The molecule has 0 aromatic heterocycles. The molecule has 6 nitrogen and oxygen atoms in total. The summed E-state index contributed by atoms with van der Waals surface area (Å²) in [4.78, 5) is 25.0. The minimum Gasteiger partial charge on any atom is -0.497 e. The van der Waals surface area contributed by atoms with Crippen LogP contribution in [-0.2, 0) is 0 Å². The first-order valence-electron chi connectivity index (χ1n) is 9.60. The van der Waals surface area contributed by atoms with E-state index in [-0.39, 0.29) is 35.0 Å². The molecular formula is C22H23NO5. The number of ether oxygens (including phenoxy) is 2. The van der Waals surface area contributed by atoms with Gasteiger partial charge in [0.05, 0.1) is 25.1 Å². The highest BCUT2D eigenvalue weighted by Gasteiger charge is 2.47. The summed E-state index contributed by atoms with van der Waals surface area (Å²) in [6, 6.07) is 10.9. The lowest BCUT2D eigenvalue weighted by atomic mass is 9.60. The molecule has 1 fully saturated rings. The lowest BCUT2D eigenvalue weighted by Gasteiger charge is -2.41. The van der Waals surface area contributed by atoms with Gasteiger partial charge in [-0.1, -0.05) is 25.0 Å². The van der Waals surface area contributed by atoms with Gasteiger partial charge in [0.1, 0.15) is 5.75 Å². The van der Waals surface area contributed by atoms with Crippen molar-refractivity contribution in [1.29, 1.82) is 0 Å². The Balaban J connectivity index is 1.89. The van der Waals surface area contributed by atoms with Gasteiger partial charge in [0.25, 0.3) is 0 Å². The Morgan fingerprint density at radius 2 is 1.71 bits per heavy atom. The van der Waals surface area contributed by atoms with Crippen molar-refractivity contribution >= 4 is 11.5 Å². The summed E-state index contributed by atoms with van der Waals surface area (Å²) >= 11 is 0. The molecule has 2 aliphatic carbocycles. The van der Waals surface area contributed by atoms with E-state index >= 15 is 0 Å². The van der Waals surface area contributed by atoms with E-state index in [9.17, 15) is 14.9 Å². The summed E-state index contributed by atoms with van der Waals surface area (Å²) in [6.45, 7) is 0. The number of nitrogens with zero attached hydrogens (tertiary/aromatic N) is 1. The van der Waals surface area contributed by atoms with Crippen molar-refractivity contribution in [2.24, 2.45) is 5.92 Å². The molecule has 0 heterocycles. The zero-order valence-corrected chi connectivity index (χ0v) is 16.0. The molecule has 2 aliphatic rings. The number of carbonyl (C=O) groups is 1. The van der Waals surface area contributed by atoms with E-state index in [1.54, 1.807) is 19.2 Å². The quantitative estimate of drug-likeness (QED) is 0.558. The third-order valence-electron chi connectivity index (χ3n) is 6.22. The van der Waals surface area contributed by atoms with E-state index in [1.165, 1.54) is 7.11 Å². The maximum Gasteiger partial charge on any atom is 0.315 e. The SMILES string of the molecule is COc1ccc(C2C(=O)c3ccc(OC)c([N+](=O)[O-])c3[C@@H]3CCCC[C@H]23)cc1. The predicted molar refractivity (Wildman–Crippen MR) is 104 cm³/mol. The molecule has 0 aliphatic heterocycles. The second kappa shape index (κ2) is 7.26. The minimum absolute atomic E-state index is 0.0101. The first kappa shape index (κ1) is 18.5. The van der Waals surface area contributed by atoms with Crippen LogP contribution in [-0.4, -0.2) is 24.9 Å². The smallest absolute Gasteiger partial charge is 0.315 e. The predicted octanol–water partition coefficient (Wildman–Crippen LogP) is 4.87. The second-order valence-electron chi connectivity index (χ2n) is 7.50. The zero-order chi connectivity index (χ0) is 19.8. The van der Waals surface area contributed by atoms with Crippen LogP contribution in [0.5, 0.6) is 11.5 Å². The van der Waals surface area contributed by atoms with Gasteiger partial charge in [-0.05, 0) is 54.5 Å².